The van der Waals surface area contributed by atoms with Crippen molar-refractivity contribution in [3.05, 3.63) is 89.9 Å². The number of aromatic nitrogens is 3. The second-order valence-electron chi connectivity index (χ2n) is 5.90. The number of furan rings is 1. The lowest BCUT2D eigenvalue weighted by Gasteiger charge is -2.09. The van der Waals surface area contributed by atoms with Gasteiger partial charge in [0.1, 0.15) is 5.76 Å². The quantitative estimate of drug-likeness (QED) is 0.457. The van der Waals surface area contributed by atoms with Gasteiger partial charge in [0.05, 0.1) is 24.4 Å². The Hall–Kier alpha value is -3.30. The summed E-state index contributed by atoms with van der Waals surface area (Å²) in [6.45, 7) is 0.548. The molecule has 0 saturated heterocycles. The van der Waals surface area contributed by atoms with Gasteiger partial charge >= 0.3 is 0 Å². The van der Waals surface area contributed by atoms with E-state index in [1.54, 1.807) is 18.0 Å². The fourth-order valence-corrected chi connectivity index (χ4v) is 3.74. The highest BCUT2D eigenvalue weighted by Gasteiger charge is 2.16. The van der Waals surface area contributed by atoms with Gasteiger partial charge < -0.3 is 4.42 Å². The van der Waals surface area contributed by atoms with E-state index in [-0.39, 0.29) is 0 Å². The SMILES string of the molecule is N#Cc1ccccc1CSc1nnc(-c2ccccc2)n1Cc1ccco1. The Balaban J connectivity index is 1.66. The lowest BCUT2D eigenvalue weighted by atomic mass is 10.1. The molecule has 4 rings (SSSR count). The van der Waals surface area contributed by atoms with Gasteiger partial charge in [-0.2, -0.15) is 5.26 Å². The van der Waals surface area contributed by atoms with Crippen LogP contribution in [0.2, 0.25) is 0 Å². The molecule has 0 aliphatic heterocycles. The summed E-state index contributed by atoms with van der Waals surface area (Å²) in [5.74, 6) is 2.28. The minimum Gasteiger partial charge on any atom is -0.467 e. The van der Waals surface area contributed by atoms with Crippen LogP contribution in [0.5, 0.6) is 0 Å². The number of hydrogen-bond acceptors (Lipinski definition) is 5. The summed E-state index contributed by atoms with van der Waals surface area (Å²) in [6, 6.07) is 23.7. The molecule has 0 saturated carbocycles. The van der Waals surface area contributed by atoms with Crippen LogP contribution in [0, 0.1) is 11.3 Å². The third-order valence-corrected chi connectivity index (χ3v) is 5.15. The first-order valence-corrected chi connectivity index (χ1v) is 9.45. The smallest absolute Gasteiger partial charge is 0.192 e. The highest BCUT2D eigenvalue weighted by Crippen LogP contribution is 2.28. The predicted octanol–water partition coefficient (Wildman–Crippen LogP) is 4.75. The highest BCUT2D eigenvalue weighted by molar-refractivity contribution is 7.98. The summed E-state index contributed by atoms with van der Waals surface area (Å²) in [6.07, 6.45) is 1.66. The fraction of sp³-hybridized carbons (Fsp3) is 0.0952. The number of rotatable bonds is 6. The van der Waals surface area contributed by atoms with Crippen LogP contribution < -0.4 is 0 Å². The molecule has 5 nitrogen and oxygen atoms in total. The zero-order valence-corrected chi connectivity index (χ0v) is 15.3. The normalized spacial score (nSPS) is 10.6. The van der Waals surface area contributed by atoms with E-state index in [4.69, 9.17) is 4.42 Å². The Kier molecular flexibility index (Phi) is 5.04. The molecule has 0 aliphatic carbocycles. The maximum absolute atomic E-state index is 9.29. The fourth-order valence-electron chi connectivity index (χ4n) is 2.79. The monoisotopic (exact) mass is 372 g/mol. The first-order valence-electron chi connectivity index (χ1n) is 8.47. The van der Waals surface area contributed by atoms with Crippen LogP contribution in [0.3, 0.4) is 0 Å². The van der Waals surface area contributed by atoms with Crippen LogP contribution in [0.15, 0.2) is 82.6 Å². The summed E-state index contributed by atoms with van der Waals surface area (Å²) in [5, 5.41) is 18.9. The Morgan fingerprint density at radius 3 is 2.56 bits per heavy atom. The van der Waals surface area contributed by atoms with Gasteiger partial charge in [-0.15, -0.1) is 10.2 Å². The predicted molar refractivity (Wildman–Crippen MR) is 104 cm³/mol. The molecule has 0 spiro atoms. The molecule has 6 heteroatoms. The van der Waals surface area contributed by atoms with Crippen molar-refractivity contribution < 1.29 is 4.42 Å². The van der Waals surface area contributed by atoms with E-state index >= 15 is 0 Å². The van der Waals surface area contributed by atoms with Gasteiger partial charge in [-0.05, 0) is 23.8 Å². The van der Waals surface area contributed by atoms with Crippen molar-refractivity contribution >= 4 is 11.8 Å². The molecule has 132 valence electrons. The number of hydrogen-bond donors (Lipinski definition) is 0. The lowest BCUT2D eigenvalue weighted by molar-refractivity contribution is 0.485. The molecule has 0 fully saturated rings. The largest absolute Gasteiger partial charge is 0.467 e. The van der Waals surface area contributed by atoms with Crippen LogP contribution in [0.25, 0.3) is 11.4 Å². The maximum Gasteiger partial charge on any atom is 0.192 e. The van der Waals surface area contributed by atoms with Gasteiger partial charge in [-0.1, -0.05) is 60.3 Å². The third-order valence-electron chi connectivity index (χ3n) is 4.14. The molecule has 0 N–H and O–H groups in total. The van der Waals surface area contributed by atoms with E-state index in [1.165, 1.54) is 0 Å². The molecule has 0 aliphatic rings. The van der Waals surface area contributed by atoms with Crippen molar-refractivity contribution in [1.29, 1.82) is 5.26 Å². The molecule has 0 amide bonds. The van der Waals surface area contributed by atoms with E-state index < -0.39 is 0 Å². The van der Waals surface area contributed by atoms with E-state index in [1.807, 2.05) is 71.3 Å². The Morgan fingerprint density at radius 2 is 1.78 bits per heavy atom. The average Bonchev–Trinajstić information content (AvgIpc) is 3.38. The molecule has 0 radical (unpaired) electrons. The van der Waals surface area contributed by atoms with E-state index in [2.05, 4.69) is 16.3 Å². The summed E-state index contributed by atoms with van der Waals surface area (Å²) >= 11 is 1.56. The molecule has 0 bridgehead atoms. The highest BCUT2D eigenvalue weighted by atomic mass is 32.2. The van der Waals surface area contributed by atoms with Crippen molar-refractivity contribution in [2.45, 2.75) is 17.5 Å². The molecule has 2 aromatic carbocycles. The topological polar surface area (TPSA) is 67.6 Å². The number of nitriles is 1. The zero-order chi connectivity index (χ0) is 18.5. The third kappa shape index (κ3) is 3.78. The Labute approximate surface area is 161 Å². The minimum absolute atomic E-state index is 0.548. The molecular formula is C21H16N4OS. The molecule has 0 unspecified atom stereocenters. The molecule has 2 aromatic heterocycles. The summed E-state index contributed by atoms with van der Waals surface area (Å²) in [5.41, 5.74) is 2.67. The first-order chi connectivity index (χ1) is 13.3. The molecule has 4 aromatic rings. The number of nitrogens with zero attached hydrogens (tertiary/aromatic N) is 4. The molecular weight excluding hydrogens is 356 g/mol. The number of thioether (sulfide) groups is 1. The second kappa shape index (κ2) is 7.94. The van der Waals surface area contributed by atoms with Crippen LogP contribution in [0.1, 0.15) is 16.9 Å². The Bertz CT molecular complexity index is 1070. The molecule has 2 heterocycles. The molecule has 0 atom stereocenters. The van der Waals surface area contributed by atoms with Crippen molar-refractivity contribution in [1.82, 2.24) is 14.8 Å². The average molecular weight is 372 g/mol. The van der Waals surface area contributed by atoms with Gasteiger partial charge in [0.2, 0.25) is 0 Å². The van der Waals surface area contributed by atoms with E-state index in [0.29, 0.717) is 17.9 Å². The summed E-state index contributed by atoms with van der Waals surface area (Å²) in [4.78, 5) is 0. The number of benzene rings is 2. The second-order valence-corrected chi connectivity index (χ2v) is 6.84. The lowest BCUT2D eigenvalue weighted by Crippen LogP contribution is -2.03. The van der Waals surface area contributed by atoms with Gasteiger partial charge in [0.15, 0.2) is 11.0 Å². The van der Waals surface area contributed by atoms with Gasteiger partial charge in [-0.25, -0.2) is 0 Å². The van der Waals surface area contributed by atoms with Crippen molar-refractivity contribution in [3.8, 4) is 17.5 Å². The summed E-state index contributed by atoms with van der Waals surface area (Å²) < 4.78 is 7.57. The Morgan fingerprint density at radius 1 is 0.963 bits per heavy atom. The van der Waals surface area contributed by atoms with Crippen molar-refractivity contribution in [3.63, 3.8) is 0 Å². The minimum atomic E-state index is 0.548. The van der Waals surface area contributed by atoms with Gasteiger partial charge in [0.25, 0.3) is 0 Å². The molecule has 27 heavy (non-hydrogen) atoms. The zero-order valence-electron chi connectivity index (χ0n) is 14.4. The van der Waals surface area contributed by atoms with Gasteiger partial charge in [0, 0.05) is 11.3 Å². The summed E-state index contributed by atoms with van der Waals surface area (Å²) in [7, 11) is 0. The van der Waals surface area contributed by atoms with Crippen LogP contribution >= 0.6 is 11.8 Å². The maximum atomic E-state index is 9.29. The van der Waals surface area contributed by atoms with Crippen LogP contribution in [-0.4, -0.2) is 14.8 Å². The van der Waals surface area contributed by atoms with Crippen molar-refractivity contribution in [2.75, 3.05) is 0 Å². The van der Waals surface area contributed by atoms with E-state index in [0.717, 1.165) is 27.9 Å². The van der Waals surface area contributed by atoms with Crippen LogP contribution in [-0.2, 0) is 12.3 Å². The standard InChI is InChI=1S/C21H16N4OS/c22-13-17-9-4-5-10-18(17)15-27-21-24-23-20(16-7-2-1-3-8-16)25(21)14-19-11-6-12-26-19/h1-12H,14-15H2. The first kappa shape index (κ1) is 17.1. The van der Waals surface area contributed by atoms with Gasteiger partial charge in [-0.3, -0.25) is 4.57 Å². The van der Waals surface area contributed by atoms with Crippen LogP contribution in [0.4, 0.5) is 0 Å². The van der Waals surface area contributed by atoms with Crippen molar-refractivity contribution in [2.24, 2.45) is 0 Å². The van der Waals surface area contributed by atoms with E-state index in [9.17, 15) is 5.26 Å².